The molecular weight excluding hydrogens is 421 g/mol. The summed E-state index contributed by atoms with van der Waals surface area (Å²) in [6.45, 7) is 1.42. The van der Waals surface area contributed by atoms with Crippen molar-refractivity contribution in [3.8, 4) is 0 Å². The summed E-state index contributed by atoms with van der Waals surface area (Å²) in [5.41, 5.74) is 1.13. The Balaban J connectivity index is 0.00000220. The van der Waals surface area contributed by atoms with Crippen molar-refractivity contribution >= 4 is 52.9 Å². The van der Waals surface area contributed by atoms with Crippen molar-refractivity contribution in [2.24, 2.45) is 12.0 Å². The molecule has 0 amide bonds. The fraction of sp³-hybridized carbons (Fsp3) is 0.385. The Bertz CT molecular complexity index is 581. The summed E-state index contributed by atoms with van der Waals surface area (Å²) in [7, 11) is 5.76. The SMILES string of the molecule is CN=C(NCc1nccs1)N(C)Cc1cc(Cl)cn1C.I. The molecule has 0 bridgehead atoms. The van der Waals surface area contributed by atoms with Gasteiger partial charge in [0.15, 0.2) is 5.96 Å². The Morgan fingerprint density at radius 1 is 1.57 bits per heavy atom. The molecule has 0 fully saturated rings. The molecule has 0 unspecified atom stereocenters. The Morgan fingerprint density at radius 3 is 2.86 bits per heavy atom. The predicted octanol–water partition coefficient (Wildman–Crippen LogP) is 2.96. The number of nitrogens with zero attached hydrogens (tertiary/aromatic N) is 4. The number of hydrogen-bond donors (Lipinski definition) is 1. The maximum atomic E-state index is 6.00. The number of nitrogens with one attached hydrogen (secondary N) is 1. The highest BCUT2D eigenvalue weighted by Gasteiger charge is 2.10. The van der Waals surface area contributed by atoms with Crippen molar-refractivity contribution in [3.63, 3.8) is 0 Å². The first-order valence-corrected chi connectivity index (χ1v) is 7.47. The fourth-order valence-corrected chi connectivity index (χ4v) is 2.75. The van der Waals surface area contributed by atoms with Crippen molar-refractivity contribution in [2.75, 3.05) is 14.1 Å². The lowest BCUT2D eigenvalue weighted by molar-refractivity contribution is 0.461. The molecule has 2 heterocycles. The van der Waals surface area contributed by atoms with Gasteiger partial charge in [0.1, 0.15) is 5.01 Å². The van der Waals surface area contributed by atoms with Crippen LogP contribution in [0.15, 0.2) is 28.8 Å². The average molecular weight is 440 g/mol. The lowest BCUT2D eigenvalue weighted by Crippen LogP contribution is -2.38. The van der Waals surface area contributed by atoms with Crippen molar-refractivity contribution in [3.05, 3.63) is 39.6 Å². The number of thiazole rings is 1. The average Bonchev–Trinajstić information content (AvgIpc) is 3.01. The Hall–Kier alpha value is -0.800. The van der Waals surface area contributed by atoms with Gasteiger partial charge in [-0.3, -0.25) is 4.99 Å². The Labute approximate surface area is 151 Å². The number of aromatic nitrogens is 2. The van der Waals surface area contributed by atoms with E-state index >= 15 is 0 Å². The highest BCUT2D eigenvalue weighted by atomic mass is 127. The van der Waals surface area contributed by atoms with E-state index in [1.165, 1.54) is 0 Å². The third kappa shape index (κ3) is 5.15. The van der Waals surface area contributed by atoms with E-state index in [-0.39, 0.29) is 24.0 Å². The lowest BCUT2D eigenvalue weighted by Gasteiger charge is -2.22. The second-order valence-electron chi connectivity index (χ2n) is 4.44. The van der Waals surface area contributed by atoms with Crippen molar-refractivity contribution in [2.45, 2.75) is 13.1 Å². The van der Waals surface area contributed by atoms with Gasteiger partial charge in [-0.1, -0.05) is 11.6 Å². The first kappa shape index (κ1) is 18.2. The molecule has 1 N–H and O–H groups in total. The highest BCUT2D eigenvalue weighted by Crippen LogP contribution is 2.14. The topological polar surface area (TPSA) is 45.5 Å². The number of aryl methyl sites for hydroxylation is 1. The van der Waals surface area contributed by atoms with Gasteiger partial charge in [-0.2, -0.15) is 0 Å². The molecular formula is C13H19ClIN5S. The van der Waals surface area contributed by atoms with Gasteiger partial charge in [0.05, 0.1) is 18.1 Å². The van der Waals surface area contributed by atoms with Gasteiger partial charge < -0.3 is 14.8 Å². The minimum atomic E-state index is 0. The normalized spacial score (nSPS) is 11.1. The molecule has 8 heteroatoms. The van der Waals surface area contributed by atoms with Crippen LogP contribution in [-0.4, -0.2) is 34.5 Å². The molecule has 0 aromatic carbocycles. The van der Waals surface area contributed by atoms with Crippen LogP contribution in [0.5, 0.6) is 0 Å². The van der Waals surface area contributed by atoms with Crippen LogP contribution in [0.25, 0.3) is 0 Å². The van der Waals surface area contributed by atoms with Crippen LogP contribution in [0.3, 0.4) is 0 Å². The standard InChI is InChI=1S/C13H18ClN5S.HI/c1-15-13(17-7-12-16-4-5-20-12)19(3)9-11-6-10(14)8-18(11)2;/h4-6,8H,7,9H2,1-3H3,(H,15,17);1H. The zero-order chi connectivity index (χ0) is 14.5. The van der Waals surface area contributed by atoms with E-state index in [2.05, 4.69) is 20.2 Å². The highest BCUT2D eigenvalue weighted by molar-refractivity contribution is 14.0. The van der Waals surface area contributed by atoms with Crippen LogP contribution < -0.4 is 5.32 Å². The van der Waals surface area contributed by atoms with E-state index in [4.69, 9.17) is 11.6 Å². The maximum Gasteiger partial charge on any atom is 0.194 e. The van der Waals surface area contributed by atoms with Crippen molar-refractivity contribution < 1.29 is 0 Å². The molecule has 0 saturated heterocycles. The van der Waals surface area contributed by atoms with Gasteiger partial charge in [0.25, 0.3) is 0 Å². The molecule has 21 heavy (non-hydrogen) atoms. The summed E-state index contributed by atoms with van der Waals surface area (Å²) in [6.07, 6.45) is 3.70. The van der Waals surface area contributed by atoms with E-state index in [0.29, 0.717) is 6.54 Å². The molecule has 2 aromatic rings. The summed E-state index contributed by atoms with van der Waals surface area (Å²) in [5, 5.41) is 7.06. The Morgan fingerprint density at radius 2 is 2.33 bits per heavy atom. The van der Waals surface area contributed by atoms with E-state index < -0.39 is 0 Å². The van der Waals surface area contributed by atoms with E-state index in [0.717, 1.165) is 28.2 Å². The number of guanidine groups is 1. The third-order valence-electron chi connectivity index (χ3n) is 2.93. The van der Waals surface area contributed by atoms with Crippen LogP contribution in [0.4, 0.5) is 0 Å². The van der Waals surface area contributed by atoms with Gasteiger partial charge >= 0.3 is 0 Å². The lowest BCUT2D eigenvalue weighted by atomic mass is 10.4. The largest absolute Gasteiger partial charge is 0.351 e. The van der Waals surface area contributed by atoms with Crippen LogP contribution in [0, 0.1) is 0 Å². The molecule has 0 aliphatic heterocycles. The van der Waals surface area contributed by atoms with E-state index in [1.807, 2.05) is 36.3 Å². The van der Waals surface area contributed by atoms with Crippen molar-refractivity contribution in [1.29, 1.82) is 0 Å². The molecule has 2 aromatic heterocycles. The fourth-order valence-electron chi connectivity index (χ4n) is 1.92. The van der Waals surface area contributed by atoms with Gasteiger partial charge in [-0.15, -0.1) is 35.3 Å². The quantitative estimate of drug-likeness (QED) is 0.453. The summed E-state index contributed by atoms with van der Waals surface area (Å²) in [4.78, 5) is 10.6. The van der Waals surface area contributed by atoms with Crippen LogP contribution in [0.1, 0.15) is 10.7 Å². The van der Waals surface area contributed by atoms with Crippen LogP contribution >= 0.6 is 46.9 Å². The summed E-state index contributed by atoms with van der Waals surface area (Å²) in [5.74, 6) is 0.831. The molecule has 0 saturated carbocycles. The van der Waals surface area contributed by atoms with Gasteiger partial charge in [-0.25, -0.2) is 4.98 Å². The van der Waals surface area contributed by atoms with E-state index in [1.54, 1.807) is 24.6 Å². The number of hydrogen-bond acceptors (Lipinski definition) is 3. The number of rotatable bonds is 4. The van der Waals surface area contributed by atoms with Crippen LogP contribution in [0.2, 0.25) is 5.02 Å². The molecule has 5 nitrogen and oxygen atoms in total. The zero-order valence-electron chi connectivity index (χ0n) is 12.2. The second kappa shape index (κ2) is 8.60. The molecule has 0 aliphatic carbocycles. The molecule has 0 atom stereocenters. The van der Waals surface area contributed by atoms with Gasteiger partial charge in [-0.05, 0) is 6.07 Å². The summed E-state index contributed by atoms with van der Waals surface area (Å²) < 4.78 is 2.02. The van der Waals surface area contributed by atoms with Crippen LogP contribution in [-0.2, 0) is 20.1 Å². The first-order chi connectivity index (χ1) is 9.60. The minimum Gasteiger partial charge on any atom is -0.351 e. The molecule has 116 valence electrons. The molecule has 2 rings (SSSR count). The number of halogens is 2. The number of aliphatic imine (C=N–C) groups is 1. The summed E-state index contributed by atoms with van der Waals surface area (Å²) in [6, 6.07) is 1.96. The van der Waals surface area contributed by atoms with Gasteiger partial charge in [0, 0.05) is 44.6 Å². The third-order valence-corrected chi connectivity index (χ3v) is 3.91. The predicted molar refractivity (Wildman–Crippen MR) is 99.6 cm³/mol. The summed E-state index contributed by atoms with van der Waals surface area (Å²) >= 11 is 7.63. The minimum absolute atomic E-state index is 0. The Kier molecular flexibility index (Phi) is 7.47. The van der Waals surface area contributed by atoms with Crippen molar-refractivity contribution in [1.82, 2.24) is 19.8 Å². The monoisotopic (exact) mass is 439 g/mol. The molecule has 0 aliphatic rings. The zero-order valence-corrected chi connectivity index (χ0v) is 16.1. The van der Waals surface area contributed by atoms with E-state index in [9.17, 15) is 0 Å². The first-order valence-electron chi connectivity index (χ1n) is 6.21. The maximum absolute atomic E-state index is 6.00. The second-order valence-corrected chi connectivity index (χ2v) is 5.86. The smallest absolute Gasteiger partial charge is 0.194 e. The van der Waals surface area contributed by atoms with Gasteiger partial charge in [0.2, 0.25) is 0 Å². The molecule has 0 spiro atoms. The molecule has 0 radical (unpaired) electrons.